The molecule has 0 N–H and O–H groups in total. The first-order valence-corrected chi connectivity index (χ1v) is 7.49. The van der Waals surface area contributed by atoms with Crippen molar-refractivity contribution in [2.24, 2.45) is 0 Å². The van der Waals surface area contributed by atoms with Crippen LogP contribution in [0.15, 0.2) is 48.0 Å². The summed E-state index contributed by atoms with van der Waals surface area (Å²) in [5.74, 6) is -0.630. The van der Waals surface area contributed by atoms with Gasteiger partial charge in [0.05, 0.1) is 6.61 Å². The van der Waals surface area contributed by atoms with Gasteiger partial charge >= 0.3 is 5.97 Å². The molecule has 0 radical (unpaired) electrons. The van der Waals surface area contributed by atoms with Crippen molar-refractivity contribution in [3.63, 3.8) is 0 Å². The second kappa shape index (κ2) is 8.13. The summed E-state index contributed by atoms with van der Waals surface area (Å²) in [5.41, 5.74) is 1.09. The number of thiophene rings is 1. The minimum absolute atomic E-state index is 0.0161. The van der Waals surface area contributed by atoms with Gasteiger partial charge in [0.25, 0.3) is 0 Å². The highest BCUT2D eigenvalue weighted by atomic mass is 32.1. The number of benzene rings is 1. The van der Waals surface area contributed by atoms with Gasteiger partial charge in [0.2, 0.25) is 0 Å². The summed E-state index contributed by atoms with van der Waals surface area (Å²) in [6.45, 7) is 0.440. The standard InChI is InChI=1S/C17H15NO3S/c1-20-9-10-21-17(19)14(12-18)11-15-7-8-16(22-15)13-5-3-2-4-6-13/h2-8,11H,9-10H2,1H3/b14-11+. The number of methoxy groups -OCH3 is 1. The highest BCUT2D eigenvalue weighted by Crippen LogP contribution is 2.29. The molecule has 0 atom stereocenters. The first-order chi connectivity index (χ1) is 10.7. The normalized spacial score (nSPS) is 11.0. The molecule has 0 saturated carbocycles. The summed E-state index contributed by atoms with van der Waals surface area (Å²) in [5, 5.41) is 9.09. The number of hydrogen-bond acceptors (Lipinski definition) is 5. The molecule has 5 heteroatoms. The van der Waals surface area contributed by atoms with E-state index in [1.54, 1.807) is 6.08 Å². The fourth-order valence-corrected chi connectivity index (χ4v) is 2.72. The molecule has 1 heterocycles. The number of nitriles is 1. The molecular weight excluding hydrogens is 298 g/mol. The van der Waals surface area contributed by atoms with E-state index >= 15 is 0 Å². The van der Waals surface area contributed by atoms with Crippen molar-refractivity contribution in [3.8, 4) is 16.5 Å². The van der Waals surface area contributed by atoms with Crippen LogP contribution in [0, 0.1) is 11.3 Å². The Kier molecular flexibility index (Phi) is 5.90. The molecule has 0 aliphatic rings. The monoisotopic (exact) mass is 313 g/mol. The van der Waals surface area contributed by atoms with E-state index < -0.39 is 5.97 Å². The van der Waals surface area contributed by atoms with Crippen LogP contribution in [0.5, 0.6) is 0 Å². The highest BCUT2D eigenvalue weighted by Gasteiger charge is 2.11. The van der Waals surface area contributed by atoms with Gasteiger partial charge in [-0.1, -0.05) is 30.3 Å². The van der Waals surface area contributed by atoms with E-state index in [2.05, 4.69) is 0 Å². The molecule has 0 aliphatic heterocycles. The van der Waals surface area contributed by atoms with Crippen LogP contribution >= 0.6 is 11.3 Å². The van der Waals surface area contributed by atoms with E-state index in [1.807, 2.05) is 48.5 Å². The van der Waals surface area contributed by atoms with E-state index in [1.165, 1.54) is 18.4 Å². The molecule has 1 aromatic carbocycles. The Morgan fingerprint density at radius 3 is 2.68 bits per heavy atom. The van der Waals surface area contributed by atoms with Gasteiger partial charge in [-0.25, -0.2) is 4.79 Å². The lowest BCUT2D eigenvalue weighted by atomic mass is 10.2. The fraction of sp³-hybridized carbons (Fsp3) is 0.176. The lowest BCUT2D eigenvalue weighted by Gasteiger charge is -2.02. The van der Waals surface area contributed by atoms with Crippen molar-refractivity contribution in [2.75, 3.05) is 20.3 Å². The van der Waals surface area contributed by atoms with E-state index in [-0.39, 0.29) is 12.2 Å². The second-order valence-corrected chi connectivity index (χ2v) is 5.48. The van der Waals surface area contributed by atoms with Crippen LogP contribution < -0.4 is 0 Å². The number of esters is 1. The summed E-state index contributed by atoms with van der Waals surface area (Å²) in [6.07, 6.45) is 1.55. The summed E-state index contributed by atoms with van der Waals surface area (Å²) in [7, 11) is 1.52. The molecule has 4 nitrogen and oxygen atoms in total. The third-order valence-electron chi connectivity index (χ3n) is 2.83. The SMILES string of the molecule is COCCOC(=O)/C(C#N)=C/c1ccc(-c2ccccc2)s1. The van der Waals surface area contributed by atoms with E-state index in [9.17, 15) is 4.79 Å². The van der Waals surface area contributed by atoms with Crippen LogP contribution in [0.4, 0.5) is 0 Å². The van der Waals surface area contributed by atoms with Gasteiger partial charge in [-0.3, -0.25) is 0 Å². The molecule has 0 fully saturated rings. The number of rotatable bonds is 6. The quantitative estimate of drug-likeness (QED) is 0.354. The molecule has 0 amide bonds. The van der Waals surface area contributed by atoms with Crippen LogP contribution in [-0.2, 0) is 14.3 Å². The van der Waals surface area contributed by atoms with Gasteiger partial charge in [-0.15, -0.1) is 11.3 Å². The first-order valence-electron chi connectivity index (χ1n) is 6.67. The maximum atomic E-state index is 11.8. The Bertz CT molecular complexity index is 698. The Morgan fingerprint density at radius 1 is 1.23 bits per heavy atom. The average molecular weight is 313 g/mol. The molecule has 112 valence electrons. The van der Waals surface area contributed by atoms with Crippen LogP contribution in [-0.4, -0.2) is 26.3 Å². The highest BCUT2D eigenvalue weighted by molar-refractivity contribution is 7.16. The van der Waals surface area contributed by atoms with Gasteiger partial charge < -0.3 is 9.47 Å². The minimum atomic E-state index is -0.630. The van der Waals surface area contributed by atoms with Crippen LogP contribution in [0.3, 0.4) is 0 Å². The number of carbonyl (C=O) groups excluding carboxylic acids is 1. The molecule has 0 spiro atoms. The van der Waals surface area contributed by atoms with Gasteiger partial charge in [0.15, 0.2) is 0 Å². The summed E-state index contributed by atoms with van der Waals surface area (Å²) >= 11 is 1.52. The molecule has 22 heavy (non-hydrogen) atoms. The molecule has 2 aromatic rings. The fourth-order valence-electron chi connectivity index (χ4n) is 1.76. The maximum Gasteiger partial charge on any atom is 0.349 e. The van der Waals surface area contributed by atoms with Crippen LogP contribution in [0.1, 0.15) is 4.88 Å². The van der Waals surface area contributed by atoms with E-state index in [4.69, 9.17) is 14.7 Å². The number of hydrogen-bond donors (Lipinski definition) is 0. The van der Waals surface area contributed by atoms with Crippen molar-refractivity contribution in [2.45, 2.75) is 0 Å². The lowest BCUT2D eigenvalue weighted by molar-refractivity contribution is -0.139. The topological polar surface area (TPSA) is 59.3 Å². The maximum absolute atomic E-state index is 11.8. The predicted octanol–water partition coefficient (Wildman–Crippen LogP) is 3.51. The van der Waals surface area contributed by atoms with E-state index in [0.29, 0.717) is 6.61 Å². The molecule has 2 rings (SSSR count). The van der Waals surface area contributed by atoms with Crippen molar-refractivity contribution in [1.82, 2.24) is 0 Å². The lowest BCUT2D eigenvalue weighted by Crippen LogP contribution is -2.10. The van der Waals surface area contributed by atoms with Crippen LogP contribution in [0.2, 0.25) is 0 Å². The number of carbonyl (C=O) groups is 1. The van der Waals surface area contributed by atoms with Gasteiger partial charge in [-0.05, 0) is 23.8 Å². The Labute approximate surface area is 133 Å². The Morgan fingerprint density at radius 2 is 2.00 bits per heavy atom. The molecule has 1 aromatic heterocycles. The first kappa shape index (κ1) is 16.0. The predicted molar refractivity (Wildman–Crippen MR) is 86.2 cm³/mol. The zero-order chi connectivity index (χ0) is 15.8. The Hall–Kier alpha value is -2.42. The minimum Gasteiger partial charge on any atom is -0.459 e. The molecule has 0 unspecified atom stereocenters. The Balaban J connectivity index is 2.12. The smallest absolute Gasteiger partial charge is 0.349 e. The van der Waals surface area contributed by atoms with Crippen molar-refractivity contribution >= 4 is 23.4 Å². The van der Waals surface area contributed by atoms with Crippen molar-refractivity contribution in [3.05, 3.63) is 52.9 Å². The molecule has 0 aliphatic carbocycles. The average Bonchev–Trinajstić information content (AvgIpc) is 3.02. The summed E-state index contributed by atoms with van der Waals surface area (Å²) in [4.78, 5) is 13.7. The largest absolute Gasteiger partial charge is 0.459 e. The molecular formula is C17H15NO3S. The zero-order valence-electron chi connectivity index (χ0n) is 12.1. The van der Waals surface area contributed by atoms with Gasteiger partial charge in [-0.2, -0.15) is 5.26 Å². The van der Waals surface area contributed by atoms with Gasteiger partial charge in [0, 0.05) is 16.9 Å². The zero-order valence-corrected chi connectivity index (χ0v) is 12.9. The summed E-state index contributed by atoms with van der Waals surface area (Å²) < 4.78 is 9.75. The molecule has 0 bridgehead atoms. The van der Waals surface area contributed by atoms with E-state index in [0.717, 1.165) is 15.3 Å². The van der Waals surface area contributed by atoms with Crippen molar-refractivity contribution < 1.29 is 14.3 Å². The molecule has 0 saturated heterocycles. The third kappa shape index (κ3) is 4.29. The number of nitrogens with zero attached hydrogens (tertiary/aromatic N) is 1. The third-order valence-corrected chi connectivity index (χ3v) is 3.91. The van der Waals surface area contributed by atoms with Crippen LogP contribution in [0.25, 0.3) is 16.5 Å². The second-order valence-electron chi connectivity index (χ2n) is 4.37. The van der Waals surface area contributed by atoms with Gasteiger partial charge in [0.1, 0.15) is 18.2 Å². The number of ether oxygens (including phenoxy) is 2. The summed E-state index contributed by atoms with van der Waals surface area (Å²) in [6, 6.07) is 15.7. The van der Waals surface area contributed by atoms with Crippen molar-refractivity contribution in [1.29, 1.82) is 5.26 Å².